The van der Waals surface area contributed by atoms with Gasteiger partial charge in [0.05, 0.1) is 12.7 Å². The molecule has 0 saturated heterocycles. The van der Waals surface area contributed by atoms with Gasteiger partial charge in [0.2, 0.25) is 5.95 Å². The summed E-state index contributed by atoms with van der Waals surface area (Å²) in [6, 6.07) is -0.233. The number of anilines is 2. The third-order valence-electron chi connectivity index (χ3n) is 2.29. The van der Waals surface area contributed by atoms with E-state index in [0.717, 1.165) is 17.1 Å². The Morgan fingerprint density at radius 3 is 2.68 bits per heavy atom. The van der Waals surface area contributed by atoms with Gasteiger partial charge in [-0.3, -0.25) is 5.32 Å². The lowest BCUT2D eigenvalue weighted by Gasteiger charge is -2.16. The van der Waals surface area contributed by atoms with Gasteiger partial charge in [-0.05, 0) is 0 Å². The molecule has 2 aromatic rings. The third kappa shape index (κ3) is 3.58. The Morgan fingerprint density at radius 2 is 2.11 bits per heavy atom. The molecule has 0 radical (unpaired) electrons. The molecule has 19 heavy (non-hydrogen) atoms. The van der Waals surface area contributed by atoms with Crippen LogP contribution in [-0.4, -0.2) is 44.6 Å². The highest BCUT2D eigenvalue weighted by molar-refractivity contribution is 7.10. The number of hydrogen-bond donors (Lipinski definition) is 2. The molecule has 8 nitrogen and oxygen atoms in total. The zero-order valence-corrected chi connectivity index (χ0v) is 11.3. The van der Waals surface area contributed by atoms with Crippen LogP contribution in [0.5, 0.6) is 0 Å². The van der Waals surface area contributed by atoms with Crippen molar-refractivity contribution < 1.29 is 4.79 Å². The molecule has 2 N–H and O–H groups in total. The molecule has 0 aliphatic rings. The number of nitrogens with one attached hydrogen (secondary N) is 2. The normalized spacial score (nSPS) is 10.0. The first-order valence-corrected chi connectivity index (χ1v) is 6.24. The van der Waals surface area contributed by atoms with E-state index in [0.29, 0.717) is 17.5 Å². The molecule has 0 unspecified atom stereocenters. The van der Waals surface area contributed by atoms with E-state index in [1.54, 1.807) is 26.5 Å². The minimum Gasteiger partial charge on any atom is -0.357 e. The summed E-state index contributed by atoms with van der Waals surface area (Å²) < 4.78 is 3.67. The summed E-state index contributed by atoms with van der Waals surface area (Å²) in [4.78, 5) is 21.5. The highest BCUT2D eigenvalue weighted by Gasteiger charge is 2.10. The number of hydrogen-bond acceptors (Lipinski definition) is 7. The molecule has 2 rings (SSSR count). The van der Waals surface area contributed by atoms with E-state index in [1.165, 1.54) is 11.1 Å². The van der Waals surface area contributed by atoms with Crippen molar-refractivity contribution in [2.24, 2.45) is 0 Å². The summed E-state index contributed by atoms with van der Waals surface area (Å²) in [5, 5.41) is 9.78. The fraction of sp³-hybridized carbons (Fsp3) is 0.300. The van der Waals surface area contributed by atoms with Crippen molar-refractivity contribution in [1.29, 1.82) is 0 Å². The van der Waals surface area contributed by atoms with Gasteiger partial charge in [0.1, 0.15) is 5.00 Å². The Hall–Kier alpha value is -2.29. The Kier molecular flexibility index (Phi) is 4.18. The van der Waals surface area contributed by atoms with Crippen LogP contribution in [0, 0.1) is 0 Å². The Balaban J connectivity index is 1.92. The molecule has 9 heteroatoms. The van der Waals surface area contributed by atoms with E-state index in [2.05, 4.69) is 30.2 Å². The van der Waals surface area contributed by atoms with Crippen LogP contribution in [0.15, 0.2) is 18.6 Å². The second kappa shape index (κ2) is 6.05. The first kappa shape index (κ1) is 13.1. The second-order valence-corrected chi connectivity index (χ2v) is 4.52. The topological polar surface area (TPSA) is 95.9 Å². The van der Waals surface area contributed by atoms with Crippen LogP contribution in [0.3, 0.4) is 0 Å². The number of urea groups is 1. The third-order valence-corrected chi connectivity index (χ3v) is 2.87. The number of carbonyl (C=O) groups excluding carboxylic acids is 1. The smallest absolute Gasteiger partial charge is 0.322 e. The fourth-order valence-electron chi connectivity index (χ4n) is 1.33. The van der Waals surface area contributed by atoms with Crippen molar-refractivity contribution in [3.63, 3.8) is 0 Å². The van der Waals surface area contributed by atoms with Crippen molar-refractivity contribution >= 4 is 28.5 Å². The van der Waals surface area contributed by atoms with Crippen molar-refractivity contribution in [2.75, 3.05) is 24.7 Å². The molecular formula is C10H13N7OS. The van der Waals surface area contributed by atoms with Crippen molar-refractivity contribution in [3.8, 4) is 0 Å². The molecule has 0 atom stereocenters. The summed E-state index contributed by atoms with van der Waals surface area (Å²) in [6.45, 7) is 0.419. The maximum atomic E-state index is 11.9. The zero-order chi connectivity index (χ0) is 13.7. The molecule has 2 aromatic heterocycles. The van der Waals surface area contributed by atoms with E-state index < -0.39 is 0 Å². The van der Waals surface area contributed by atoms with E-state index in [-0.39, 0.29) is 6.03 Å². The van der Waals surface area contributed by atoms with E-state index >= 15 is 0 Å². The molecule has 0 aliphatic heterocycles. The van der Waals surface area contributed by atoms with Crippen LogP contribution in [0.25, 0.3) is 0 Å². The summed E-state index contributed by atoms with van der Waals surface area (Å²) >= 11 is 1.13. The summed E-state index contributed by atoms with van der Waals surface area (Å²) in [6.07, 6.45) is 4.86. The lowest BCUT2D eigenvalue weighted by atomic mass is 10.3. The van der Waals surface area contributed by atoms with Crippen LogP contribution in [-0.2, 0) is 6.54 Å². The Bertz CT molecular complexity index is 527. The number of rotatable bonds is 4. The van der Waals surface area contributed by atoms with Gasteiger partial charge >= 0.3 is 6.03 Å². The lowest BCUT2D eigenvalue weighted by Crippen LogP contribution is -2.30. The highest BCUT2D eigenvalue weighted by atomic mass is 32.1. The standard InChI is InChI=1S/C10H13N7OS/c1-11-9-12-3-7(4-13-9)6-17(2)10(18)15-8-5-14-16-19-8/h3-5H,6H2,1-2H3,(H,15,18)(H,11,12,13). The lowest BCUT2D eigenvalue weighted by molar-refractivity contribution is 0.220. The molecular weight excluding hydrogens is 266 g/mol. The van der Waals surface area contributed by atoms with Crippen LogP contribution in [0.1, 0.15) is 5.56 Å². The highest BCUT2D eigenvalue weighted by Crippen LogP contribution is 2.11. The van der Waals surface area contributed by atoms with Gasteiger partial charge in [-0.1, -0.05) is 4.49 Å². The largest absolute Gasteiger partial charge is 0.357 e. The number of nitrogens with zero attached hydrogens (tertiary/aromatic N) is 5. The van der Waals surface area contributed by atoms with Gasteiger partial charge in [0, 0.05) is 43.6 Å². The molecule has 100 valence electrons. The summed E-state index contributed by atoms with van der Waals surface area (Å²) in [5.74, 6) is 0.548. The maximum absolute atomic E-state index is 11.9. The minimum absolute atomic E-state index is 0.233. The fourth-order valence-corrected chi connectivity index (χ4v) is 1.74. The van der Waals surface area contributed by atoms with Gasteiger partial charge in [0.25, 0.3) is 0 Å². The van der Waals surface area contributed by atoms with Gasteiger partial charge in [0.15, 0.2) is 0 Å². The monoisotopic (exact) mass is 279 g/mol. The van der Waals surface area contributed by atoms with E-state index in [1.807, 2.05) is 0 Å². The van der Waals surface area contributed by atoms with Gasteiger partial charge < -0.3 is 10.2 Å². The van der Waals surface area contributed by atoms with Crippen LogP contribution < -0.4 is 10.6 Å². The van der Waals surface area contributed by atoms with E-state index in [9.17, 15) is 4.79 Å². The van der Waals surface area contributed by atoms with Crippen LogP contribution in [0.4, 0.5) is 15.7 Å². The second-order valence-electron chi connectivity index (χ2n) is 3.73. The van der Waals surface area contributed by atoms with Crippen LogP contribution >= 0.6 is 11.5 Å². The van der Waals surface area contributed by atoms with Crippen molar-refractivity contribution in [1.82, 2.24) is 24.5 Å². The average molecular weight is 279 g/mol. The SMILES string of the molecule is CNc1ncc(CN(C)C(=O)Nc2cnns2)cn1. The van der Waals surface area contributed by atoms with Crippen molar-refractivity contribution in [3.05, 3.63) is 24.2 Å². The van der Waals surface area contributed by atoms with Gasteiger partial charge in [-0.2, -0.15) is 0 Å². The predicted molar refractivity (Wildman–Crippen MR) is 72.0 cm³/mol. The first-order valence-electron chi connectivity index (χ1n) is 5.47. The molecule has 0 saturated carbocycles. The molecule has 0 fully saturated rings. The maximum Gasteiger partial charge on any atom is 0.322 e. The number of aromatic nitrogens is 4. The van der Waals surface area contributed by atoms with E-state index in [4.69, 9.17) is 0 Å². The average Bonchev–Trinajstić information content (AvgIpc) is 2.92. The molecule has 2 heterocycles. The molecule has 2 amide bonds. The summed E-state index contributed by atoms with van der Waals surface area (Å²) in [7, 11) is 3.44. The molecule has 0 bridgehead atoms. The quantitative estimate of drug-likeness (QED) is 0.868. The number of amides is 2. The molecule has 0 aliphatic carbocycles. The first-order chi connectivity index (χ1) is 9.19. The Labute approximate surface area is 114 Å². The van der Waals surface area contributed by atoms with Crippen LogP contribution in [0.2, 0.25) is 0 Å². The Morgan fingerprint density at radius 1 is 1.37 bits per heavy atom. The number of carbonyl (C=O) groups is 1. The zero-order valence-electron chi connectivity index (χ0n) is 10.5. The molecule has 0 aromatic carbocycles. The minimum atomic E-state index is -0.233. The summed E-state index contributed by atoms with van der Waals surface area (Å²) in [5.41, 5.74) is 0.846. The van der Waals surface area contributed by atoms with Crippen molar-refractivity contribution in [2.45, 2.75) is 6.54 Å². The van der Waals surface area contributed by atoms with Gasteiger partial charge in [-0.15, -0.1) is 5.10 Å². The predicted octanol–water partition coefficient (Wildman–Crippen LogP) is 1.03. The van der Waals surface area contributed by atoms with Gasteiger partial charge in [-0.25, -0.2) is 14.8 Å². The molecule has 0 spiro atoms.